The molecule has 12 rings (SSSR count). The molecule has 0 fully saturated rings. The molecule has 0 atom stereocenters. The third kappa shape index (κ3) is 36.9. The Bertz CT molecular complexity index is 6370. The summed E-state index contributed by atoms with van der Waals surface area (Å²) < 4.78 is 23.6. The third-order valence-corrected chi connectivity index (χ3v) is 26.6. The summed E-state index contributed by atoms with van der Waals surface area (Å²) in [6, 6.07) is 57.6. The fourth-order valence-electron chi connectivity index (χ4n) is 15.2. The molecular formula is C115H131Cl8N13O12. The van der Waals surface area contributed by atoms with E-state index in [1.807, 2.05) is 172 Å². The highest BCUT2D eigenvalue weighted by Gasteiger charge is 2.29. The molecule has 0 bridgehead atoms. The van der Waals surface area contributed by atoms with Crippen molar-refractivity contribution in [2.45, 2.75) is 108 Å². The third-order valence-electron chi connectivity index (χ3n) is 23.2. The summed E-state index contributed by atoms with van der Waals surface area (Å²) in [5.74, 6) is -1.44. The van der Waals surface area contributed by atoms with E-state index in [9.17, 15) is 38.4 Å². The number of nitrogens with zero attached hydrogens (tertiary/aromatic N) is 5. The minimum Gasteiger partial charge on any atom is -0.493 e. The molecule has 0 unspecified atom stereocenters. The van der Waals surface area contributed by atoms with Crippen LogP contribution in [0.15, 0.2) is 200 Å². The van der Waals surface area contributed by atoms with Crippen LogP contribution in [0.3, 0.4) is 0 Å². The summed E-state index contributed by atoms with van der Waals surface area (Å²) in [4.78, 5) is 117. The normalized spacial score (nSPS) is 11.0. The minimum atomic E-state index is -0.429. The van der Waals surface area contributed by atoms with E-state index >= 15 is 0 Å². The van der Waals surface area contributed by atoms with E-state index in [2.05, 4.69) is 57.2 Å². The van der Waals surface area contributed by atoms with Gasteiger partial charge in [-0.3, -0.25) is 38.4 Å². The second kappa shape index (κ2) is 58.0. The van der Waals surface area contributed by atoms with E-state index in [4.69, 9.17) is 112 Å². The van der Waals surface area contributed by atoms with Crippen LogP contribution in [-0.4, -0.2) is 201 Å². The summed E-state index contributed by atoms with van der Waals surface area (Å²) in [6.07, 6.45) is 4.57. The lowest BCUT2D eigenvalue weighted by atomic mass is 9.91. The van der Waals surface area contributed by atoms with Gasteiger partial charge in [0.25, 0.3) is 47.3 Å². The molecule has 0 aliphatic rings. The van der Waals surface area contributed by atoms with Crippen LogP contribution in [0.5, 0.6) is 23.0 Å². The number of nitrogens with one attached hydrogen (secondary N) is 8. The van der Waals surface area contributed by atoms with Crippen molar-refractivity contribution < 1.29 is 57.3 Å². The highest BCUT2D eigenvalue weighted by atomic mass is 35.5. The fraction of sp³-hybridized carbons (Fsp3) is 0.304. The van der Waals surface area contributed by atoms with Crippen LogP contribution in [0.2, 0.25) is 40.2 Å². The number of anilines is 8. The molecule has 0 aliphatic heterocycles. The van der Waals surface area contributed by atoms with Crippen molar-refractivity contribution in [3.05, 3.63) is 346 Å². The summed E-state index contributed by atoms with van der Waals surface area (Å²) in [7, 11) is 19.8. The van der Waals surface area contributed by atoms with Gasteiger partial charge in [0.15, 0.2) is 0 Å². The van der Waals surface area contributed by atoms with Crippen LogP contribution in [-0.2, 0) is 19.3 Å². The van der Waals surface area contributed by atoms with Gasteiger partial charge in [-0.15, -0.1) is 0 Å². The van der Waals surface area contributed by atoms with E-state index in [1.165, 1.54) is 12.1 Å². The molecule has 25 nitrogen and oxygen atoms in total. The van der Waals surface area contributed by atoms with E-state index in [0.29, 0.717) is 167 Å². The monoisotopic (exact) mass is 2170 g/mol. The molecule has 12 aromatic carbocycles. The summed E-state index contributed by atoms with van der Waals surface area (Å²) >= 11 is 49.0. The van der Waals surface area contributed by atoms with Crippen molar-refractivity contribution in [1.82, 2.24) is 24.5 Å². The van der Waals surface area contributed by atoms with Gasteiger partial charge in [0.1, 0.15) is 41.8 Å². The molecular weight excluding hydrogens is 2040 g/mol. The molecule has 0 saturated carbocycles. The van der Waals surface area contributed by atoms with Gasteiger partial charge in [0.05, 0.1) is 24.3 Å². The first kappa shape index (κ1) is 119. The maximum Gasteiger partial charge on any atom is 0.263 e. The lowest BCUT2D eigenvalue weighted by Gasteiger charge is -2.20. The predicted octanol–water partition coefficient (Wildman–Crippen LogP) is 26.6. The molecule has 0 radical (unpaired) electrons. The number of ether oxygens (including phenoxy) is 4. The predicted molar refractivity (Wildman–Crippen MR) is 610 cm³/mol. The Morgan fingerprint density at radius 1 is 0.230 bits per heavy atom. The second-order valence-corrected chi connectivity index (χ2v) is 40.2. The average molecular weight is 2170 g/mol. The number of amides is 8. The molecule has 784 valence electrons. The van der Waals surface area contributed by atoms with Crippen LogP contribution in [0.1, 0.15) is 177 Å². The van der Waals surface area contributed by atoms with Crippen molar-refractivity contribution in [3.8, 4) is 23.0 Å². The second-order valence-electron chi connectivity index (χ2n) is 37.0. The maximum absolute atomic E-state index is 13.8. The summed E-state index contributed by atoms with van der Waals surface area (Å²) in [5.41, 5.74) is 17.7. The van der Waals surface area contributed by atoms with Crippen molar-refractivity contribution in [1.29, 1.82) is 0 Å². The Hall–Kier alpha value is -12.3. The lowest BCUT2D eigenvalue weighted by Crippen LogP contribution is -2.23. The van der Waals surface area contributed by atoms with Gasteiger partial charge < -0.3 is 86.0 Å². The summed E-state index contributed by atoms with van der Waals surface area (Å²) in [5, 5.41) is 28.5. The van der Waals surface area contributed by atoms with Crippen LogP contribution >= 0.6 is 92.8 Å². The molecule has 0 aromatic heterocycles. The number of carbonyl (C=O) groups is 8. The highest BCUT2D eigenvalue weighted by Crippen LogP contribution is 2.38. The number of aryl methyl sites for hydroxylation is 11. The quantitative estimate of drug-likeness (QED) is 0.0177. The molecule has 0 aliphatic carbocycles. The smallest absolute Gasteiger partial charge is 0.263 e. The first-order valence-corrected chi connectivity index (χ1v) is 51.3. The lowest BCUT2D eigenvalue weighted by molar-refractivity contribution is 0.100. The Kier molecular flexibility index (Phi) is 46.8. The van der Waals surface area contributed by atoms with Crippen LogP contribution < -0.4 is 61.5 Å². The molecule has 12 aromatic rings. The van der Waals surface area contributed by atoms with Crippen molar-refractivity contribution in [3.63, 3.8) is 0 Å². The molecule has 8 amide bonds. The fourth-order valence-corrected chi connectivity index (χ4v) is 16.1. The zero-order chi connectivity index (χ0) is 108. The molecule has 0 spiro atoms. The van der Waals surface area contributed by atoms with E-state index in [-0.39, 0.29) is 74.8 Å². The van der Waals surface area contributed by atoms with Gasteiger partial charge in [-0.25, -0.2) is 0 Å². The van der Waals surface area contributed by atoms with Crippen LogP contribution in [0, 0.1) is 55.4 Å². The molecule has 0 heterocycles. The van der Waals surface area contributed by atoms with Crippen molar-refractivity contribution in [2.24, 2.45) is 0 Å². The van der Waals surface area contributed by atoms with Gasteiger partial charge in [-0.1, -0.05) is 92.8 Å². The summed E-state index contributed by atoms with van der Waals surface area (Å²) in [6.45, 7) is 23.7. The topological polar surface area (TPSA) is 286 Å². The number of carbonyl (C=O) groups excluding carboxylic acids is 8. The molecule has 0 saturated heterocycles. The molecule has 148 heavy (non-hydrogen) atoms. The first-order valence-electron chi connectivity index (χ1n) is 48.3. The number of hydrogen-bond acceptors (Lipinski definition) is 17. The average Bonchev–Trinajstić information content (AvgIpc) is 0.804. The maximum atomic E-state index is 13.8. The number of rotatable bonds is 40. The number of benzene rings is 12. The van der Waals surface area contributed by atoms with Crippen LogP contribution in [0.4, 0.5) is 45.5 Å². The number of hydrogen-bond donors (Lipinski definition) is 8. The SMILES string of the molecule is CCOc1cc(C(=O)Nc2ccc(Cl)c(C)c2)c(OCC)cc1C(=O)Nc1ccc(Cl)c(C)c1.Cc1cc(NC(=O)c2cc(CCCN(C)C)c(C(=O)Nc3ccc(Cl)c(C)c3)c(CCCN(C)C)c2)ccc1Cl.Cc1cc(NC(=O)c2cc(OCCN(C)C)c(C(=O)Nc3ccc(Cl)c(C)c3)c(OCCN(C)C)c2)ccc1Cl.Cc1cc(NC(=O)c2ccc(C(=O)Nc3ccc(Cl)c(C)c3)c(CCCN(C)C)c2)ccc1Cl. The Balaban J connectivity index is 0.000000220. The Morgan fingerprint density at radius 3 is 0.723 bits per heavy atom. The largest absolute Gasteiger partial charge is 0.493 e. The Labute approximate surface area is 909 Å². The van der Waals surface area contributed by atoms with Gasteiger partial charge in [0.2, 0.25) is 0 Å². The van der Waals surface area contributed by atoms with Crippen molar-refractivity contribution >= 4 is 186 Å². The van der Waals surface area contributed by atoms with E-state index in [0.717, 1.165) is 100 Å². The van der Waals surface area contributed by atoms with E-state index < -0.39 is 17.7 Å². The van der Waals surface area contributed by atoms with Crippen LogP contribution in [0.25, 0.3) is 0 Å². The number of halogens is 8. The van der Waals surface area contributed by atoms with Gasteiger partial charge in [0, 0.05) is 127 Å². The standard InChI is InChI=1S/C32H40Cl2N4O2.C30H36Cl2N4O4.C27H29Cl2N3O2.C26H26Cl2N2O4/c1-21-17-26(11-13-28(21)33)35-31(39)25-19-23(9-7-15-37(3)4)30(24(20-25)10-8-16-38(5)6)32(40)36-27-12-14-29(34)22(2)18-27;1-19-15-22(7-9-24(19)31)33-29(37)21-17-26(39-13-11-35(3)4)28(27(18-21)40-14-12-36(5)6)30(38)34-23-8-10-25(32)20(2)16-23;1-17-14-21(8-11-24(17)28)30-26(33)20-7-10-23(19(16-20)6-5-13-32(3)4)27(34)31-22-9-12-25(29)18(2)15-22;1-5-33-23-13-20(26(32)30-18-8-10-22(28)16(4)12-18)24(34-6-2)14-19(23)25(31)29-17-7-9-21(27)15(3)11-17/h11-14,17-20H,7-10,15-16H2,1-6H3,(H,35,39)(H,36,40);7-10,15-18H,11-14H2,1-6H3,(H,33,37)(H,34,38);7-12,14-16H,5-6,13H2,1-4H3,(H,30,33)(H,31,34);7-14H,5-6H2,1-4H3,(H,29,31)(H,30,32). The van der Waals surface area contributed by atoms with Gasteiger partial charge in [-0.05, 0) is 459 Å². The minimum absolute atomic E-state index is 0.179. The zero-order valence-corrected chi connectivity index (χ0v) is 93.4. The van der Waals surface area contributed by atoms with Crippen molar-refractivity contribution in [2.75, 3.05) is 172 Å². The zero-order valence-electron chi connectivity index (χ0n) is 87.3. The Morgan fingerprint density at radius 2 is 0.459 bits per heavy atom. The molecule has 33 heteroatoms. The van der Waals surface area contributed by atoms with Gasteiger partial charge in [-0.2, -0.15) is 0 Å². The number of likely N-dealkylation sites (N-methyl/N-ethyl adjacent to an activating group) is 2. The van der Waals surface area contributed by atoms with E-state index in [1.54, 1.807) is 166 Å². The molecule has 8 N–H and O–H groups in total. The van der Waals surface area contributed by atoms with Gasteiger partial charge >= 0.3 is 0 Å². The highest BCUT2D eigenvalue weighted by molar-refractivity contribution is 6.34. The first-order chi connectivity index (χ1) is 70.2.